The van der Waals surface area contributed by atoms with Gasteiger partial charge in [0.1, 0.15) is 18.4 Å². The molecule has 3 aliphatic rings. The Bertz CT molecular complexity index is 1450. The van der Waals surface area contributed by atoms with Crippen LogP contribution in [0.5, 0.6) is 5.75 Å². The highest BCUT2D eigenvalue weighted by Crippen LogP contribution is 2.35. The molecule has 228 valence electrons. The SMILES string of the molecule is O=C(O)C1CCCN1C(=O)CNN1C(=O)/C(=C/c2cc(-c3ccc(F)c(F)c3)ccc2OCCN2CCOCC2)SC1=S. The van der Waals surface area contributed by atoms with E-state index >= 15 is 0 Å². The Balaban J connectivity index is 1.33. The fourth-order valence-electron chi connectivity index (χ4n) is 5.07. The number of nitrogens with one attached hydrogen (secondary N) is 1. The maximum absolute atomic E-state index is 14.0. The lowest BCUT2D eigenvalue weighted by molar-refractivity contribution is -0.148. The van der Waals surface area contributed by atoms with Gasteiger partial charge in [-0.15, -0.1) is 0 Å². The molecule has 2 aromatic rings. The van der Waals surface area contributed by atoms with Crippen LogP contribution >= 0.6 is 24.0 Å². The Kier molecular flexibility index (Phi) is 10.0. The van der Waals surface area contributed by atoms with Gasteiger partial charge in [-0.1, -0.05) is 36.1 Å². The molecule has 2 aromatic carbocycles. The van der Waals surface area contributed by atoms with Gasteiger partial charge < -0.3 is 19.5 Å². The summed E-state index contributed by atoms with van der Waals surface area (Å²) in [5.74, 6) is -3.44. The number of likely N-dealkylation sites (tertiary alicyclic amines) is 1. The van der Waals surface area contributed by atoms with Crippen molar-refractivity contribution in [2.45, 2.75) is 18.9 Å². The monoisotopic (exact) mass is 632 g/mol. The van der Waals surface area contributed by atoms with Crippen LogP contribution in [-0.2, 0) is 19.1 Å². The number of aliphatic carboxylic acids is 1. The quantitative estimate of drug-likeness (QED) is 0.300. The first-order valence-corrected chi connectivity index (χ1v) is 15.0. The molecule has 5 rings (SSSR count). The predicted molar refractivity (Wildman–Crippen MR) is 160 cm³/mol. The number of ether oxygens (including phenoxy) is 2. The van der Waals surface area contributed by atoms with Crippen LogP contribution in [0.4, 0.5) is 8.78 Å². The third-order valence-electron chi connectivity index (χ3n) is 7.36. The summed E-state index contributed by atoms with van der Waals surface area (Å²) in [5.41, 5.74) is 4.30. The van der Waals surface area contributed by atoms with E-state index in [0.29, 0.717) is 68.2 Å². The van der Waals surface area contributed by atoms with Gasteiger partial charge >= 0.3 is 5.97 Å². The number of rotatable bonds is 10. The minimum absolute atomic E-state index is 0.173. The van der Waals surface area contributed by atoms with Gasteiger partial charge in [-0.2, -0.15) is 0 Å². The van der Waals surface area contributed by atoms with Crippen LogP contribution in [0.15, 0.2) is 41.3 Å². The second kappa shape index (κ2) is 13.9. The maximum Gasteiger partial charge on any atom is 0.326 e. The molecule has 3 saturated heterocycles. The second-order valence-electron chi connectivity index (χ2n) is 10.1. The van der Waals surface area contributed by atoms with Gasteiger partial charge in [0.2, 0.25) is 5.91 Å². The van der Waals surface area contributed by atoms with Gasteiger partial charge in [-0.3, -0.25) is 14.5 Å². The zero-order valence-electron chi connectivity index (χ0n) is 23.1. The molecule has 10 nitrogen and oxygen atoms in total. The Morgan fingerprint density at radius 2 is 1.86 bits per heavy atom. The van der Waals surface area contributed by atoms with Gasteiger partial charge in [0.15, 0.2) is 16.0 Å². The highest BCUT2D eigenvalue weighted by Gasteiger charge is 2.36. The standard InChI is InChI=1S/C29H30F2N4O6S2/c30-21-5-3-19(15-22(21)31)18-4-6-24(41-13-10-33-8-11-40-12-9-33)20(14-18)16-25-27(37)35(29(42)43-25)32-17-26(36)34-7-1-2-23(34)28(38)39/h3-6,14-16,23,32H,1-2,7-13,17H2,(H,38,39)/b25-16-. The first-order chi connectivity index (χ1) is 20.7. The van der Waals surface area contributed by atoms with Gasteiger partial charge in [-0.05, 0) is 54.3 Å². The zero-order chi connectivity index (χ0) is 30.5. The molecule has 43 heavy (non-hydrogen) atoms. The normalized spacial score (nSPS) is 20.3. The third kappa shape index (κ3) is 7.39. The van der Waals surface area contributed by atoms with E-state index in [0.717, 1.165) is 42.0 Å². The maximum atomic E-state index is 14.0. The average molecular weight is 633 g/mol. The number of carboxylic acid groups (broad SMARTS) is 1. The molecule has 3 fully saturated rings. The summed E-state index contributed by atoms with van der Waals surface area (Å²) in [4.78, 5) is 41.2. The summed E-state index contributed by atoms with van der Waals surface area (Å²) in [7, 11) is 0. The molecule has 0 radical (unpaired) electrons. The van der Waals surface area contributed by atoms with Crippen LogP contribution in [0.1, 0.15) is 18.4 Å². The van der Waals surface area contributed by atoms with Crippen molar-refractivity contribution in [2.24, 2.45) is 0 Å². The van der Waals surface area contributed by atoms with E-state index in [-0.39, 0.29) is 15.8 Å². The number of carboxylic acids is 1. The minimum atomic E-state index is -1.06. The zero-order valence-corrected chi connectivity index (χ0v) is 24.7. The molecular formula is C29H30F2N4O6S2. The number of nitrogens with zero attached hydrogens (tertiary/aromatic N) is 3. The average Bonchev–Trinajstić information content (AvgIpc) is 3.59. The Morgan fingerprint density at radius 3 is 2.60 bits per heavy atom. The summed E-state index contributed by atoms with van der Waals surface area (Å²) in [6.07, 6.45) is 2.58. The minimum Gasteiger partial charge on any atom is -0.492 e. The Hall–Kier alpha value is -3.43. The summed E-state index contributed by atoms with van der Waals surface area (Å²) in [5, 5.41) is 10.5. The smallest absolute Gasteiger partial charge is 0.326 e. The molecule has 14 heteroatoms. The van der Waals surface area contributed by atoms with Crippen LogP contribution in [0.3, 0.4) is 0 Å². The van der Waals surface area contributed by atoms with Gasteiger partial charge in [-0.25, -0.2) is 24.0 Å². The second-order valence-corrected chi connectivity index (χ2v) is 11.8. The van der Waals surface area contributed by atoms with Crippen LogP contribution in [0.25, 0.3) is 17.2 Å². The van der Waals surface area contributed by atoms with Crippen molar-refractivity contribution in [1.29, 1.82) is 0 Å². The molecule has 0 saturated carbocycles. The number of thiocarbonyl (C=S) groups is 1. The lowest BCUT2D eigenvalue weighted by Crippen LogP contribution is -2.49. The van der Waals surface area contributed by atoms with E-state index in [1.165, 1.54) is 11.0 Å². The van der Waals surface area contributed by atoms with Gasteiger partial charge in [0.05, 0.1) is 24.7 Å². The van der Waals surface area contributed by atoms with Gasteiger partial charge in [0, 0.05) is 31.7 Å². The third-order valence-corrected chi connectivity index (χ3v) is 8.66. The first kappa shape index (κ1) is 31.0. The number of hydrogen-bond acceptors (Lipinski definition) is 9. The highest BCUT2D eigenvalue weighted by atomic mass is 32.2. The van der Waals surface area contributed by atoms with E-state index < -0.39 is 35.5 Å². The predicted octanol–water partition coefficient (Wildman–Crippen LogP) is 3.12. The highest BCUT2D eigenvalue weighted by molar-refractivity contribution is 8.26. The van der Waals surface area contributed by atoms with E-state index in [2.05, 4.69) is 10.3 Å². The number of carbonyl (C=O) groups excluding carboxylic acids is 2. The summed E-state index contributed by atoms with van der Waals surface area (Å²) in [6, 6.07) is 7.90. The number of benzene rings is 2. The molecule has 2 amide bonds. The van der Waals surface area contributed by atoms with Crippen LogP contribution in [0.2, 0.25) is 0 Å². The molecule has 1 atom stereocenters. The lowest BCUT2D eigenvalue weighted by atomic mass is 10.0. The molecule has 3 aliphatic heterocycles. The van der Waals surface area contributed by atoms with E-state index in [9.17, 15) is 28.3 Å². The van der Waals surface area contributed by atoms with E-state index in [1.54, 1.807) is 24.3 Å². The molecule has 2 N–H and O–H groups in total. The molecule has 0 spiro atoms. The number of thioether (sulfide) groups is 1. The fourth-order valence-corrected chi connectivity index (χ4v) is 6.28. The van der Waals surface area contributed by atoms with Gasteiger partial charge in [0.25, 0.3) is 5.91 Å². The summed E-state index contributed by atoms with van der Waals surface area (Å²) < 4.78 is 39.2. The Morgan fingerprint density at radius 1 is 1.12 bits per heavy atom. The number of hydrogen-bond donors (Lipinski definition) is 2. The fraction of sp³-hybridized carbons (Fsp3) is 0.379. The number of carbonyl (C=O) groups is 3. The summed E-state index contributed by atoms with van der Waals surface area (Å²) in [6.45, 7) is 4.01. The van der Waals surface area contributed by atoms with Crippen LogP contribution in [0, 0.1) is 11.6 Å². The number of amides is 2. The van der Waals surface area contributed by atoms with Crippen molar-refractivity contribution in [1.82, 2.24) is 20.2 Å². The molecular weight excluding hydrogens is 602 g/mol. The van der Waals surface area contributed by atoms with Crippen LogP contribution in [-0.4, -0.2) is 101 Å². The molecule has 0 bridgehead atoms. The van der Waals surface area contributed by atoms with Crippen molar-refractivity contribution in [2.75, 3.05) is 52.5 Å². The lowest BCUT2D eigenvalue weighted by Gasteiger charge is -2.26. The molecule has 0 aromatic heterocycles. The topological polar surface area (TPSA) is 112 Å². The molecule has 0 aliphatic carbocycles. The van der Waals surface area contributed by atoms with E-state index in [1.807, 2.05) is 0 Å². The van der Waals surface area contributed by atoms with Crippen molar-refractivity contribution in [3.63, 3.8) is 0 Å². The summed E-state index contributed by atoms with van der Waals surface area (Å²) >= 11 is 6.42. The van der Waals surface area contributed by atoms with Crippen molar-refractivity contribution in [3.05, 3.63) is 58.5 Å². The number of hydrazine groups is 1. The number of morpholine rings is 1. The number of halogens is 2. The van der Waals surface area contributed by atoms with Crippen molar-refractivity contribution in [3.8, 4) is 16.9 Å². The van der Waals surface area contributed by atoms with E-state index in [4.69, 9.17) is 21.7 Å². The largest absolute Gasteiger partial charge is 0.492 e. The molecule has 1 unspecified atom stereocenters. The van der Waals surface area contributed by atoms with Crippen LogP contribution < -0.4 is 10.2 Å². The molecule has 3 heterocycles. The van der Waals surface area contributed by atoms with Crippen molar-refractivity contribution >= 4 is 52.2 Å². The Labute approximate surface area is 256 Å². The first-order valence-electron chi connectivity index (χ1n) is 13.8. The van der Waals surface area contributed by atoms with Crippen molar-refractivity contribution < 1.29 is 37.7 Å².